The van der Waals surface area contributed by atoms with E-state index in [0.717, 1.165) is 18.5 Å². The molecule has 98 valence electrons. The lowest BCUT2D eigenvalue weighted by molar-refractivity contribution is -0.133. The summed E-state index contributed by atoms with van der Waals surface area (Å²) in [5.41, 5.74) is 0.767. The highest BCUT2D eigenvalue weighted by molar-refractivity contribution is 5.16. The Morgan fingerprint density at radius 2 is 2.00 bits per heavy atom. The van der Waals surface area contributed by atoms with Crippen LogP contribution in [0.2, 0.25) is 0 Å². The zero-order valence-corrected chi connectivity index (χ0v) is 10.5. The number of nitrogens with one attached hydrogen (secondary N) is 1. The summed E-state index contributed by atoms with van der Waals surface area (Å²) in [5.74, 6) is -1.96. The molecule has 2 saturated carbocycles. The van der Waals surface area contributed by atoms with Crippen LogP contribution in [0.1, 0.15) is 44.2 Å². The fourth-order valence-electron chi connectivity index (χ4n) is 3.28. The number of alkyl halides is 2. The van der Waals surface area contributed by atoms with Crippen molar-refractivity contribution in [3.8, 4) is 0 Å². The van der Waals surface area contributed by atoms with Crippen LogP contribution < -0.4 is 5.32 Å². The molecule has 0 aliphatic heterocycles. The van der Waals surface area contributed by atoms with E-state index in [2.05, 4.69) is 10.3 Å². The van der Waals surface area contributed by atoms with Gasteiger partial charge in [0.25, 0.3) is 5.92 Å². The summed E-state index contributed by atoms with van der Waals surface area (Å²) in [6.07, 6.45) is 3.79. The first-order valence-corrected chi connectivity index (χ1v) is 6.52. The SMILES string of the molecule is CC1(NC2CC(c3ccccn3)C2)CC(F)(F)C1. The Bertz CT molecular complexity index is 419. The van der Waals surface area contributed by atoms with Gasteiger partial charge in [0.1, 0.15) is 0 Å². The van der Waals surface area contributed by atoms with Gasteiger partial charge in [-0.05, 0) is 31.9 Å². The van der Waals surface area contributed by atoms with E-state index in [9.17, 15) is 8.78 Å². The van der Waals surface area contributed by atoms with Gasteiger partial charge >= 0.3 is 0 Å². The Morgan fingerprint density at radius 3 is 2.56 bits per heavy atom. The van der Waals surface area contributed by atoms with E-state index in [-0.39, 0.29) is 18.4 Å². The molecule has 0 saturated heterocycles. The van der Waals surface area contributed by atoms with Crippen molar-refractivity contribution >= 4 is 0 Å². The predicted molar refractivity (Wildman–Crippen MR) is 65.7 cm³/mol. The number of nitrogens with zero attached hydrogens (tertiary/aromatic N) is 1. The molecule has 0 amide bonds. The summed E-state index contributed by atoms with van der Waals surface area (Å²) in [7, 11) is 0. The maximum absolute atomic E-state index is 12.9. The van der Waals surface area contributed by atoms with E-state index >= 15 is 0 Å². The molecular weight excluding hydrogens is 234 g/mol. The minimum absolute atomic E-state index is 0.0231. The second-order valence-electron chi connectivity index (χ2n) is 6.03. The third-order valence-electron chi connectivity index (χ3n) is 4.09. The number of aromatic nitrogens is 1. The number of rotatable bonds is 3. The van der Waals surface area contributed by atoms with E-state index in [1.165, 1.54) is 0 Å². The van der Waals surface area contributed by atoms with Crippen LogP contribution in [0.25, 0.3) is 0 Å². The van der Waals surface area contributed by atoms with E-state index < -0.39 is 5.92 Å². The van der Waals surface area contributed by atoms with Crippen molar-refractivity contribution in [2.24, 2.45) is 0 Å². The average molecular weight is 252 g/mol. The topological polar surface area (TPSA) is 24.9 Å². The van der Waals surface area contributed by atoms with Crippen LogP contribution in [0.4, 0.5) is 8.78 Å². The van der Waals surface area contributed by atoms with Crippen molar-refractivity contribution in [1.29, 1.82) is 0 Å². The van der Waals surface area contributed by atoms with Crippen LogP contribution in [0.15, 0.2) is 24.4 Å². The fourth-order valence-corrected chi connectivity index (χ4v) is 3.28. The monoisotopic (exact) mass is 252 g/mol. The summed E-state index contributed by atoms with van der Waals surface area (Å²) in [6.45, 7) is 1.90. The molecule has 18 heavy (non-hydrogen) atoms. The van der Waals surface area contributed by atoms with Gasteiger partial charge in [-0.2, -0.15) is 0 Å². The summed E-state index contributed by atoms with van der Waals surface area (Å²) in [4.78, 5) is 4.34. The van der Waals surface area contributed by atoms with Gasteiger partial charge in [0, 0.05) is 42.2 Å². The minimum Gasteiger partial charge on any atom is -0.308 e. The van der Waals surface area contributed by atoms with Gasteiger partial charge in [0.2, 0.25) is 0 Å². The molecule has 0 atom stereocenters. The fraction of sp³-hybridized carbons (Fsp3) is 0.643. The number of halogens is 2. The van der Waals surface area contributed by atoms with E-state index in [4.69, 9.17) is 0 Å². The molecule has 1 heterocycles. The molecule has 4 heteroatoms. The first kappa shape index (κ1) is 12.0. The summed E-state index contributed by atoms with van der Waals surface area (Å²) in [6, 6.07) is 6.32. The van der Waals surface area contributed by atoms with Crippen LogP contribution in [-0.4, -0.2) is 22.5 Å². The smallest absolute Gasteiger partial charge is 0.251 e. The van der Waals surface area contributed by atoms with Crippen LogP contribution >= 0.6 is 0 Å². The Morgan fingerprint density at radius 1 is 1.28 bits per heavy atom. The molecule has 2 fully saturated rings. The molecule has 0 spiro atoms. The lowest BCUT2D eigenvalue weighted by atomic mass is 9.71. The highest BCUT2D eigenvalue weighted by atomic mass is 19.3. The lowest BCUT2D eigenvalue weighted by Crippen LogP contribution is -2.63. The third kappa shape index (κ3) is 2.26. The zero-order valence-electron chi connectivity index (χ0n) is 10.5. The van der Waals surface area contributed by atoms with E-state index in [1.54, 1.807) is 0 Å². The Labute approximate surface area is 106 Å². The van der Waals surface area contributed by atoms with Crippen molar-refractivity contribution in [2.75, 3.05) is 0 Å². The van der Waals surface area contributed by atoms with Crippen molar-refractivity contribution in [3.05, 3.63) is 30.1 Å². The van der Waals surface area contributed by atoms with Crippen LogP contribution in [0.3, 0.4) is 0 Å². The predicted octanol–water partition coefficient (Wildman–Crippen LogP) is 3.11. The summed E-state index contributed by atoms with van der Waals surface area (Å²) in [5, 5.41) is 3.38. The first-order valence-electron chi connectivity index (χ1n) is 6.52. The normalized spacial score (nSPS) is 32.4. The summed E-state index contributed by atoms with van der Waals surface area (Å²) < 4.78 is 25.8. The van der Waals surface area contributed by atoms with Crippen molar-refractivity contribution in [2.45, 2.75) is 56.0 Å². The third-order valence-corrected chi connectivity index (χ3v) is 4.09. The standard InChI is InChI=1S/C14H18F2N2/c1-13(8-14(15,16)9-13)18-11-6-10(7-11)12-4-2-3-5-17-12/h2-5,10-11,18H,6-9H2,1H3. The lowest BCUT2D eigenvalue weighted by Gasteiger charge is -2.50. The second-order valence-corrected chi connectivity index (χ2v) is 6.03. The molecule has 2 aliphatic carbocycles. The molecule has 0 unspecified atom stereocenters. The van der Waals surface area contributed by atoms with E-state index in [1.807, 2.05) is 31.3 Å². The van der Waals surface area contributed by atoms with Crippen molar-refractivity contribution in [1.82, 2.24) is 10.3 Å². The van der Waals surface area contributed by atoms with Crippen LogP contribution in [0.5, 0.6) is 0 Å². The number of hydrogen-bond donors (Lipinski definition) is 1. The Kier molecular flexibility index (Phi) is 2.66. The average Bonchev–Trinajstić information content (AvgIpc) is 2.21. The number of hydrogen-bond acceptors (Lipinski definition) is 2. The highest BCUT2D eigenvalue weighted by Crippen LogP contribution is 2.47. The molecule has 1 aromatic rings. The molecule has 0 bridgehead atoms. The molecule has 2 nitrogen and oxygen atoms in total. The molecule has 0 aromatic carbocycles. The molecule has 2 aliphatic rings. The van der Waals surface area contributed by atoms with Gasteiger partial charge in [-0.3, -0.25) is 4.98 Å². The maximum atomic E-state index is 12.9. The van der Waals surface area contributed by atoms with E-state index in [0.29, 0.717) is 12.0 Å². The van der Waals surface area contributed by atoms with Gasteiger partial charge in [-0.15, -0.1) is 0 Å². The summed E-state index contributed by atoms with van der Waals surface area (Å²) >= 11 is 0. The largest absolute Gasteiger partial charge is 0.308 e. The zero-order chi connectivity index (χ0) is 12.8. The van der Waals surface area contributed by atoms with Crippen molar-refractivity contribution in [3.63, 3.8) is 0 Å². The quantitative estimate of drug-likeness (QED) is 0.894. The highest BCUT2D eigenvalue weighted by Gasteiger charge is 2.54. The van der Waals surface area contributed by atoms with Gasteiger partial charge in [0.15, 0.2) is 0 Å². The molecule has 0 radical (unpaired) electrons. The molecule has 1 N–H and O–H groups in total. The van der Waals surface area contributed by atoms with Gasteiger partial charge < -0.3 is 5.32 Å². The van der Waals surface area contributed by atoms with Gasteiger partial charge in [0.05, 0.1) is 0 Å². The van der Waals surface area contributed by atoms with Crippen LogP contribution in [-0.2, 0) is 0 Å². The molecular formula is C14H18F2N2. The molecule has 1 aromatic heterocycles. The Hall–Kier alpha value is -1.03. The first-order chi connectivity index (χ1) is 8.46. The van der Waals surface area contributed by atoms with Crippen molar-refractivity contribution < 1.29 is 8.78 Å². The van der Waals surface area contributed by atoms with Crippen LogP contribution in [0, 0.1) is 0 Å². The van der Waals surface area contributed by atoms with Gasteiger partial charge in [-0.25, -0.2) is 8.78 Å². The maximum Gasteiger partial charge on any atom is 0.251 e. The minimum atomic E-state index is -2.45. The Balaban J connectivity index is 1.49. The van der Waals surface area contributed by atoms with Gasteiger partial charge in [-0.1, -0.05) is 6.07 Å². The number of pyridine rings is 1. The molecule has 3 rings (SSSR count). The second kappa shape index (κ2) is 3.98.